The van der Waals surface area contributed by atoms with Gasteiger partial charge in [0, 0.05) is 15.8 Å². The number of thioether (sulfide) groups is 1. The Hall–Kier alpha value is -2.20. The predicted molar refractivity (Wildman–Crippen MR) is 91.5 cm³/mol. The summed E-state index contributed by atoms with van der Waals surface area (Å²) < 4.78 is 5.26. The Kier molecular flexibility index (Phi) is 4.20. The molecule has 0 saturated carbocycles. The van der Waals surface area contributed by atoms with E-state index < -0.39 is 0 Å². The topological polar surface area (TPSA) is 42.1 Å². The van der Waals surface area contributed by atoms with Gasteiger partial charge in [0.1, 0.15) is 0 Å². The third kappa shape index (κ3) is 2.62. The molecule has 0 spiro atoms. The Morgan fingerprint density at radius 3 is 2.64 bits per heavy atom. The number of ether oxygens (including phenoxy) is 1. The van der Waals surface area contributed by atoms with Gasteiger partial charge < -0.3 is 9.72 Å². The number of aromatic nitrogens is 1. The van der Waals surface area contributed by atoms with E-state index in [4.69, 9.17) is 4.74 Å². The van der Waals surface area contributed by atoms with E-state index in [-0.39, 0.29) is 5.97 Å². The molecule has 0 aliphatic carbocycles. The van der Waals surface area contributed by atoms with Crippen molar-refractivity contribution in [1.29, 1.82) is 0 Å². The van der Waals surface area contributed by atoms with Crippen molar-refractivity contribution in [3.63, 3.8) is 0 Å². The minimum atomic E-state index is -0.286. The number of hydrogen-bond donors (Lipinski definition) is 1. The van der Waals surface area contributed by atoms with Crippen molar-refractivity contribution < 1.29 is 9.53 Å². The highest BCUT2D eigenvalue weighted by molar-refractivity contribution is 7.98. The molecule has 0 saturated heterocycles. The Balaban J connectivity index is 2.26. The summed E-state index contributed by atoms with van der Waals surface area (Å²) in [5.41, 5.74) is 3.35. The van der Waals surface area contributed by atoms with Crippen molar-refractivity contribution in [3.8, 4) is 11.3 Å². The monoisotopic (exact) mass is 311 g/mol. The van der Waals surface area contributed by atoms with Gasteiger partial charge in [-0.25, -0.2) is 4.79 Å². The van der Waals surface area contributed by atoms with E-state index in [1.807, 2.05) is 61.7 Å². The highest BCUT2D eigenvalue weighted by Gasteiger charge is 2.20. The van der Waals surface area contributed by atoms with Gasteiger partial charge >= 0.3 is 5.97 Å². The maximum atomic E-state index is 12.5. The van der Waals surface area contributed by atoms with Crippen LogP contribution >= 0.6 is 11.8 Å². The third-order valence-corrected chi connectivity index (χ3v) is 4.27. The zero-order valence-electron chi connectivity index (χ0n) is 12.6. The molecule has 0 fully saturated rings. The van der Waals surface area contributed by atoms with Gasteiger partial charge in [-0.2, -0.15) is 0 Å². The number of carbonyl (C=O) groups excluding carboxylic acids is 1. The maximum Gasteiger partial charge on any atom is 0.340 e. The van der Waals surface area contributed by atoms with Gasteiger partial charge in [0.05, 0.1) is 17.9 Å². The lowest BCUT2D eigenvalue weighted by molar-refractivity contribution is 0.0529. The van der Waals surface area contributed by atoms with E-state index in [0.717, 1.165) is 27.1 Å². The fourth-order valence-corrected chi connectivity index (χ4v) is 2.97. The van der Waals surface area contributed by atoms with Crippen LogP contribution in [0.15, 0.2) is 53.4 Å². The first-order valence-electron chi connectivity index (χ1n) is 7.17. The second-order valence-electron chi connectivity index (χ2n) is 4.87. The first-order valence-corrected chi connectivity index (χ1v) is 8.39. The first kappa shape index (κ1) is 14.7. The quantitative estimate of drug-likeness (QED) is 0.559. The van der Waals surface area contributed by atoms with E-state index >= 15 is 0 Å². The van der Waals surface area contributed by atoms with Gasteiger partial charge in [-0.15, -0.1) is 11.8 Å². The van der Waals surface area contributed by atoms with Crippen LogP contribution in [0.25, 0.3) is 22.2 Å². The summed E-state index contributed by atoms with van der Waals surface area (Å²) in [6, 6.07) is 16.0. The zero-order chi connectivity index (χ0) is 15.5. The van der Waals surface area contributed by atoms with Crippen LogP contribution in [0.2, 0.25) is 0 Å². The molecule has 0 atom stereocenters. The molecule has 22 heavy (non-hydrogen) atoms. The summed E-state index contributed by atoms with van der Waals surface area (Å²) in [6.45, 7) is 2.18. The molecule has 3 aromatic rings. The molecule has 2 aromatic carbocycles. The molecule has 0 unspecified atom stereocenters. The molecule has 0 aliphatic heterocycles. The number of carbonyl (C=O) groups is 1. The second kappa shape index (κ2) is 6.28. The Labute approximate surface area is 133 Å². The largest absolute Gasteiger partial charge is 0.462 e. The summed E-state index contributed by atoms with van der Waals surface area (Å²) in [6.07, 6.45) is 2.02. The summed E-state index contributed by atoms with van der Waals surface area (Å²) in [5, 5.41) is 0.907. The van der Waals surface area contributed by atoms with Crippen molar-refractivity contribution in [2.24, 2.45) is 0 Å². The molecular weight excluding hydrogens is 294 g/mol. The maximum absolute atomic E-state index is 12.5. The van der Waals surface area contributed by atoms with Gasteiger partial charge in [-0.3, -0.25) is 0 Å². The van der Waals surface area contributed by atoms with Crippen molar-refractivity contribution in [2.75, 3.05) is 12.9 Å². The van der Waals surface area contributed by atoms with Crippen LogP contribution in [0, 0.1) is 0 Å². The van der Waals surface area contributed by atoms with Crippen molar-refractivity contribution in [2.45, 2.75) is 11.8 Å². The molecule has 4 heteroatoms. The highest BCUT2D eigenvalue weighted by atomic mass is 32.2. The van der Waals surface area contributed by atoms with Crippen LogP contribution in [0.1, 0.15) is 17.3 Å². The summed E-state index contributed by atoms with van der Waals surface area (Å²) in [4.78, 5) is 16.9. The number of fused-ring (bicyclic) bond motifs is 1. The number of H-pyrrole nitrogens is 1. The van der Waals surface area contributed by atoms with Gasteiger partial charge in [0.2, 0.25) is 0 Å². The minimum Gasteiger partial charge on any atom is -0.462 e. The molecule has 3 nitrogen and oxygen atoms in total. The van der Waals surface area contributed by atoms with Gasteiger partial charge in [-0.05, 0) is 36.9 Å². The van der Waals surface area contributed by atoms with Crippen LogP contribution in [0.4, 0.5) is 0 Å². The van der Waals surface area contributed by atoms with E-state index in [1.165, 1.54) is 0 Å². The average molecular weight is 311 g/mol. The van der Waals surface area contributed by atoms with Crippen molar-refractivity contribution in [1.82, 2.24) is 4.98 Å². The number of hydrogen-bond acceptors (Lipinski definition) is 3. The van der Waals surface area contributed by atoms with Crippen LogP contribution in [-0.4, -0.2) is 23.8 Å². The van der Waals surface area contributed by atoms with Crippen molar-refractivity contribution in [3.05, 3.63) is 54.1 Å². The molecular formula is C18H17NO2S. The first-order chi connectivity index (χ1) is 10.7. The van der Waals surface area contributed by atoms with E-state index in [1.54, 1.807) is 11.8 Å². The molecule has 0 amide bonds. The highest BCUT2D eigenvalue weighted by Crippen LogP contribution is 2.33. The Bertz CT molecular complexity index is 809. The minimum absolute atomic E-state index is 0.286. The normalized spacial score (nSPS) is 10.8. The number of benzene rings is 2. The van der Waals surface area contributed by atoms with Crippen molar-refractivity contribution >= 4 is 28.6 Å². The van der Waals surface area contributed by atoms with Crippen LogP contribution in [0.3, 0.4) is 0 Å². The zero-order valence-corrected chi connectivity index (χ0v) is 13.4. The van der Waals surface area contributed by atoms with Crippen LogP contribution < -0.4 is 0 Å². The molecule has 0 bridgehead atoms. The van der Waals surface area contributed by atoms with E-state index in [2.05, 4.69) is 4.98 Å². The lowest BCUT2D eigenvalue weighted by atomic mass is 10.1. The fourth-order valence-electron chi connectivity index (χ4n) is 2.53. The van der Waals surface area contributed by atoms with Gasteiger partial charge in [0.25, 0.3) is 0 Å². The van der Waals surface area contributed by atoms with Crippen LogP contribution in [-0.2, 0) is 4.74 Å². The molecule has 1 heterocycles. The lowest BCUT2D eigenvalue weighted by Crippen LogP contribution is -2.05. The lowest BCUT2D eigenvalue weighted by Gasteiger charge is -2.05. The van der Waals surface area contributed by atoms with Gasteiger partial charge in [0.15, 0.2) is 0 Å². The molecule has 1 N–H and O–H groups in total. The Morgan fingerprint density at radius 2 is 1.95 bits per heavy atom. The molecule has 0 aliphatic rings. The SMILES string of the molecule is CCOC(=O)c1c(-c2ccccc2)[nH]c2ccc(SC)cc12. The number of rotatable bonds is 4. The number of nitrogens with one attached hydrogen (secondary N) is 1. The third-order valence-electron chi connectivity index (χ3n) is 3.55. The molecule has 112 valence electrons. The van der Waals surface area contributed by atoms with Gasteiger partial charge in [-0.1, -0.05) is 30.3 Å². The fraction of sp³-hybridized carbons (Fsp3) is 0.167. The van der Waals surface area contributed by atoms with E-state index in [0.29, 0.717) is 12.2 Å². The molecule has 3 rings (SSSR count). The molecule has 1 aromatic heterocycles. The smallest absolute Gasteiger partial charge is 0.340 e. The Morgan fingerprint density at radius 1 is 1.18 bits per heavy atom. The standard InChI is InChI=1S/C18H17NO2S/c1-3-21-18(20)16-14-11-13(22-2)9-10-15(14)19-17(16)12-7-5-4-6-8-12/h4-11,19H,3H2,1-2H3. The predicted octanol–water partition coefficient (Wildman–Crippen LogP) is 4.73. The summed E-state index contributed by atoms with van der Waals surface area (Å²) >= 11 is 1.66. The molecule has 0 radical (unpaired) electrons. The number of esters is 1. The summed E-state index contributed by atoms with van der Waals surface area (Å²) in [7, 11) is 0. The van der Waals surface area contributed by atoms with E-state index in [9.17, 15) is 4.79 Å². The summed E-state index contributed by atoms with van der Waals surface area (Å²) in [5.74, 6) is -0.286. The number of aromatic amines is 1. The van der Waals surface area contributed by atoms with Crippen LogP contribution in [0.5, 0.6) is 0 Å². The second-order valence-corrected chi connectivity index (χ2v) is 5.75. The average Bonchev–Trinajstić information content (AvgIpc) is 2.94.